The number of anilines is 1. The molecule has 6 heterocycles. The maximum atomic E-state index is 15.3. The highest BCUT2D eigenvalue weighted by Gasteiger charge is 2.51. The van der Waals surface area contributed by atoms with Crippen LogP contribution < -0.4 is 15.4 Å². The Morgan fingerprint density at radius 3 is 2.78 bits per heavy atom. The largest absolute Gasteiger partial charge is 0.479 e. The lowest BCUT2D eigenvalue weighted by molar-refractivity contribution is -0.0711. The summed E-state index contributed by atoms with van der Waals surface area (Å²) in [5.74, 6) is -4.12. The highest BCUT2D eigenvalue weighted by Crippen LogP contribution is 2.36. The first-order valence-electron chi connectivity index (χ1n) is 11.6. The van der Waals surface area contributed by atoms with E-state index in [4.69, 9.17) is 9.47 Å². The monoisotopic (exact) mass is 516 g/mol. The summed E-state index contributed by atoms with van der Waals surface area (Å²) in [6.07, 6.45) is 4.13. The van der Waals surface area contributed by atoms with Crippen molar-refractivity contribution in [3.63, 3.8) is 0 Å². The second-order valence-electron chi connectivity index (χ2n) is 9.04. The van der Waals surface area contributed by atoms with Crippen molar-refractivity contribution in [2.75, 3.05) is 45.8 Å². The number of pyridine rings is 1. The smallest absolute Gasteiger partial charge is 0.281 e. The van der Waals surface area contributed by atoms with Gasteiger partial charge in [-0.15, -0.1) is 5.10 Å². The van der Waals surface area contributed by atoms with Crippen molar-refractivity contribution < 1.29 is 27.4 Å². The van der Waals surface area contributed by atoms with Gasteiger partial charge in [-0.3, -0.25) is 14.1 Å². The molecule has 2 fully saturated rings. The minimum absolute atomic E-state index is 0.000727. The van der Waals surface area contributed by atoms with Gasteiger partial charge in [0.2, 0.25) is 11.8 Å². The second kappa shape index (κ2) is 8.59. The van der Waals surface area contributed by atoms with Gasteiger partial charge in [-0.1, -0.05) is 0 Å². The molecule has 2 aliphatic rings. The number of rotatable bonds is 6. The molecule has 0 radical (unpaired) electrons. The molecule has 2 saturated heterocycles. The molecule has 1 amide bonds. The lowest BCUT2D eigenvalue weighted by Crippen LogP contribution is -2.48. The summed E-state index contributed by atoms with van der Waals surface area (Å²) in [7, 11) is 2.85. The van der Waals surface area contributed by atoms with Gasteiger partial charge in [-0.25, -0.2) is 22.7 Å². The molecule has 6 rings (SSSR count). The Morgan fingerprint density at radius 2 is 2.08 bits per heavy atom. The van der Waals surface area contributed by atoms with Crippen LogP contribution in [0.2, 0.25) is 0 Å². The topological polar surface area (TPSA) is 110 Å². The number of amides is 1. The first-order chi connectivity index (χ1) is 17.8. The van der Waals surface area contributed by atoms with Crippen molar-refractivity contribution in [1.82, 2.24) is 34.2 Å². The van der Waals surface area contributed by atoms with Crippen molar-refractivity contribution >= 4 is 23.0 Å². The lowest BCUT2D eigenvalue weighted by atomic mass is 10.1. The molecule has 11 nitrogen and oxygen atoms in total. The molecule has 0 spiro atoms. The minimum atomic E-state index is -3.02. The number of ether oxygens (including phenoxy) is 2. The van der Waals surface area contributed by atoms with Crippen LogP contribution >= 0.6 is 0 Å². The quantitative estimate of drug-likeness (QED) is 0.399. The van der Waals surface area contributed by atoms with E-state index >= 15 is 4.39 Å². The van der Waals surface area contributed by atoms with Crippen LogP contribution in [0.4, 0.5) is 19.1 Å². The molecule has 0 saturated carbocycles. The summed E-state index contributed by atoms with van der Waals surface area (Å²) in [5, 5.41) is 9.50. The van der Waals surface area contributed by atoms with E-state index in [1.165, 1.54) is 24.9 Å². The molecule has 0 aromatic carbocycles. The maximum absolute atomic E-state index is 15.3. The average Bonchev–Trinajstić information content (AvgIpc) is 3.49. The van der Waals surface area contributed by atoms with Gasteiger partial charge >= 0.3 is 0 Å². The molecular formula is C23H23F3N8O3. The molecule has 14 heteroatoms. The predicted molar refractivity (Wildman–Crippen MR) is 126 cm³/mol. The number of fused-ring (bicyclic) bond motifs is 2. The van der Waals surface area contributed by atoms with Crippen LogP contribution in [0.1, 0.15) is 10.5 Å². The number of likely N-dealkylation sites (tertiary alicyclic amines) is 1. The summed E-state index contributed by atoms with van der Waals surface area (Å²) in [6.45, 7) is 0.559. The lowest BCUT2D eigenvalue weighted by Gasteiger charge is -2.34. The van der Waals surface area contributed by atoms with Gasteiger partial charge < -0.3 is 20.1 Å². The van der Waals surface area contributed by atoms with Crippen LogP contribution in [0, 0.1) is 5.82 Å². The summed E-state index contributed by atoms with van der Waals surface area (Å²) >= 11 is 0. The van der Waals surface area contributed by atoms with Crippen LogP contribution in [0.15, 0.2) is 30.7 Å². The summed E-state index contributed by atoms with van der Waals surface area (Å²) in [5.41, 5.74) is 1.53. The first kappa shape index (κ1) is 23.5. The standard InChI is InChI=1S/C23H23F3N8O3/c1-27-20(35)15-5-28-17-4-3-12(6-33(15)17)18-14(24)7-34-19(18)21(36-2)30-22(31-34)29-16-8-32(11-23(16,25)26)13-9-37-10-13/h3-7,13,16H,8-11H2,1-2H3,(H,27,35)(H,29,31)/t16-/m1/s1. The Labute approximate surface area is 208 Å². The van der Waals surface area contributed by atoms with E-state index < -0.39 is 24.3 Å². The Hall–Kier alpha value is -3.91. The van der Waals surface area contributed by atoms with Gasteiger partial charge in [-0.05, 0) is 12.1 Å². The summed E-state index contributed by atoms with van der Waals surface area (Å²) in [6, 6.07) is 2.03. The molecule has 2 N–H and O–H groups in total. The molecule has 4 aromatic rings. The Morgan fingerprint density at radius 1 is 1.27 bits per heavy atom. The number of nitrogens with one attached hydrogen (secondary N) is 2. The van der Waals surface area contributed by atoms with Gasteiger partial charge in [-0.2, -0.15) is 4.98 Å². The first-order valence-corrected chi connectivity index (χ1v) is 11.6. The van der Waals surface area contributed by atoms with E-state index in [1.807, 2.05) is 0 Å². The number of carbonyl (C=O) groups is 1. The van der Waals surface area contributed by atoms with Crippen molar-refractivity contribution in [2.45, 2.75) is 18.0 Å². The SMILES string of the molecule is CNC(=O)c1cnc2ccc(-c3c(F)cn4nc(N[C@@H]5CN(C6COC6)CC5(F)F)nc(OC)c34)cn12. The normalized spacial score (nSPS) is 19.9. The van der Waals surface area contributed by atoms with E-state index in [0.717, 1.165) is 6.20 Å². The Balaban J connectivity index is 1.38. The van der Waals surface area contributed by atoms with Crippen molar-refractivity contribution in [3.05, 3.63) is 42.2 Å². The predicted octanol–water partition coefficient (Wildman–Crippen LogP) is 1.68. The minimum Gasteiger partial charge on any atom is -0.479 e. The average molecular weight is 516 g/mol. The fourth-order valence-corrected chi connectivity index (χ4v) is 4.76. The van der Waals surface area contributed by atoms with Gasteiger partial charge in [0.25, 0.3) is 11.8 Å². The van der Waals surface area contributed by atoms with E-state index in [1.54, 1.807) is 27.6 Å². The third-order valence-electron chi connectivity index (χ3n) is 6.78. The summed E-state index contributed by atoms with van der Waals surface area (Å²) in [4.78, 5) is 22.4. The second-order valence-corrected chi connectivity index (χ2v) is 9.04. The number of hydrogen-bond acceptors (Lipinski definition) is 8. The van der Waals surface area contributed by atoms with E-state index in [-0.39, 0.29) is 47.1 Å². The van der Waals surface area contributed by atoms with E-state index in [0.29, 0.717) is 24.4 Å². The van der Waals surface area contributed by atoms with Crippen LogP contribution in [-0.2, 0) is 4.74 Å². The molecule has 0 unspecified atom stereocenters. The molecule has 4 aromatic heterocycles. The number of halogens is 3. The Kier molecular flexibility index (Phi) is 5.45. The van der Waals surface area contributed by atoms with Gasteiger partial charge in [0.15, 0.2) is 5.82 Å². The molecule has 37 heavy (non-hydrogen) atoms. The number of hydrogen-bond donors (Lipinski definition) is 2. The Bertz CT molecular complexity index is 1520. The molecule has 2 aliphatic heterocycles. The van der Waals surface area contributed by atoms with Gasteiger partial charge in [0, 0.05) is 25.4 Å². The molecule has 0 bridgehead atoms. The van der Waals surface area contributed by atoms with Crippen LogP contribution in [0.25, 0.3) is 22.3 Å². The molecular weight excluding hydrogens is 493 g/mol. The fourth-order valence-electron chi connectivity index (χ4n) is 4.76. The third-order valence-corrected chi connectivity index (χ3v) is 6.78. The van der Waals surface area contributed by atoms with Crippen LogP contribution in [0.5, 0.6) is 5.88 Å². The van der Waals surface area contributed by atoms with E-state index in [2.05, 4.69) is 25.7 Å². The van der Waals surface area contributed by atoms with Gasteiger partial charge in [0.1, 0.15) is 22.9 Å². The highest BCUT2D eigenvalue weighted by molar-refractivity contribution is 5.93. The van der Waals surface area contributed by atoms with Gasteiger partial charge in [0.05, 0.1) is 50.9 Å². The van der Waals surface area contributed by atoms with Crippen LogP contribution in [0.3, 0.4) is 0 Å². The number of nitrogens with zero attached hydrogens (tertiary/aromatic N) is 6. The fraction of sp³-hybridized carbons (Fsp3) is 0.391. The molecule has 1 atom stereocenters. The zero-order chi connectivity index (χ0) is 25.9. The third kappa shape index (κ3) is 3.83. The molecule has 0 aliphatic carbocycles. The number of carbonyl (C=O) groups excluding carboxylic acids is 1. The number of methoxy groups -OCH3 is 1. The van der Waals surface area contributed by atoms with E-state index in [9.17, 15) is 13.6 Å². The highest BCUT2D eigenvalue weighted by atomic mass is 19.3. The number of alkyl halides is 2. The van der Waals surface area contributed by atoms with Crippen molar-refractivity contribution in [2.24, 2.45) is 0 Å². The van der Waals surface area contributed by atoms with Crippen LogP contribution in [-0.4, -0.2) is 93.3 Å². The number of aromatic nitrogens is 5. The zero-order valence-electron chi connectivity index (χ0n) is 19.9. The maximum Gasteiger partial charge on any atom is 0.281 e. The van der Waals surface area contributed by atoms with Crippen molar-refractivity contribution in [1.29, 1.82) is 0 Å². The zero-order valence-corrected chi connectivity index (χ0v) is 19.9. The molecule has 194 valence electrons. The number of imidazole rings is 1. The van der Waals surface area contributed by atoms with Crippen molar-refractivity contribution in [3.8, 4) is 17.0 Å². The summed E-state index contributed by atoms with van der Waals surface area (Å²) < 4.78 is 58.1.